The Morgan fingerprint density at radius 3 is 2.78 bits per heavy atom. The van der Waals surface area contributed by atoms with Crippen molar-refractivity contribution in [2.45, 2.75) is 25.9 Å². The summed E-state index contributed by atoms with van der Waals surface area (Å²) in [6, 6.07) is 1.03. The first-order valence-corrected chi connectivity index (χ1v) is 5.67. The number of hydrogen-bond acceptors (Lipinski definition) is 3. The minimum atomic E-state index is -4.40. The molecule has 2 heterocycles. The van der Waals surface area contributed by atoms with Crippen LogP contribution in [0.5, 0.6) is 0 Å². The van der Waals surface area contributed by atoms with Gasteiger partial charge in [-0.2, -0.15) is 13.2 Å². The SMILES string of the molecule is CCCCNc1ncnc2[nH]c(C(F)(F)F)cc12. The van der Waals surface area contributed by atoms with Gasteiger partial charge in [-0.1, -0.05) is 13.3 Å². The van der Waals surface area contributed by atoms with E-state index >= 15 is 0 Å². The lowest BCUT2D eigenvalue weighted by molar-refractivity contribution is -0.140. The number of aromatic amines is 1. The van der Waals surface area contributed by atoms with Gasteiger partial charge in [0.25, 0.3) is 0 Å². The van der Waals surface area contributed by atoms with Crippen molar-refractivity contribution in [3.8, 4) is 0 Å². The summed E-state index contributed by atoms with van der Waals surface area (Å²) >= 11 is 0. The van der Waals surface area contributed by atoms with Gasteiger partial charge in [0.1, 0.15) is 23.5 Å². The third kappa shape index (κ3) is 2.55. The van der Waals surface area contributed by atoms with Gasteiger partial charge in [-0.15, -0.1) is 0 Å². The van der Waals surface area contributed by atoms with Crippen molar-refractivity contribution in [3.63, 3.8) is 0 Å². The Kier molecular flexibility index (Phi) is 3.40. The molecule has 18 heavy (non-hydrogen) atoms. The fraction of sp³-hybridized carbons (Fsp3) is 0.455. The van der Waals surface area contributed by atoms with Crippen LogP contribution in [-0.2, 0) is 6.18 Å². The van der Waals surface area contributed by atoms with E-state index in [1.54, 1.807) is 0 Å². The van der Waals surface area contributed by atoms with Gasteiger partial charge < -0.3 is 10.3 Å². The summed E-state index contributed by atoms with van der Waals surface area (Å²) in [7, 11) is 0. The number of nitrogens with one attached hydrogen (secondary N) is 2. The molecule has 0 bridgehead atoms. The van der Waals surface area contributed by atoms with E-state index in [1.807, 2.05) is 6.92 Å². The number of hydrogen-bond donors (Lipinski definition) is 2. The van der Waals surface area contributed by atoms with E-state index in [1.165, 1.54) is 6.33 Å². The van der Waals surface area contributed by atoms with Crippen LogP contribution in [0, 0.1) is 0 Å². The van der Waals surface area contributed by atoms with E-state index in [9.17, 15) is 13.2 Å². The summed E-state index contributed by atoms with van der Waals surface area (Å²) in [5.74, 6) is 0.431. The molecule has 98 valence electrons. The molecule has 4 nitrogen and oxygen atoms in total. The first-order chi connectivity index (χ1) is 8.52. The highest BCUT2D eigenvalue weighted by molar-refractivity contribution is 5.87. The van der Waals surface area contributed by atoms with Crippen molar-refractivity contribution in [1.82, 2.24) is 15.0 Å². The zero-order valence-electron chi connectivity index (χ0n) is 9.80. The summed E-state index contributed by atoms with van der Waals surface area (Å²) in [6.45, 7) is 2.71. The Morgan fingerprint density at radius 2 is 2.11 bits per heavy atom. The molecule has 2 rings (SSSR count). The van der Waals surface area contributed by atoms with E-state index < -0.39 is 11.9 Å². The maximum absolute atomic E-state index is 12.6. The van der Waals surface area contributed by atoms with Crippen LogP contribution >= 0.6 is 0 Å². The van der Waals surface area contributed by atoms with E-state index in [-0.39, 0.29) is 5.65 Å². The highest BCUT2D eigenvalue weighted by Crippen LogP contribution is 2.32. The van der Waals surface area contributed by atoms with Crippen molar-refractivity contribution in [1.29, 1.82) is 0 Å². The number of anilines is 1. The molecule has 2 N–H and O–H groups in total. The molecule has 0 aliphatic rings. The molecule has 0 atom stereocenters. The molecular weight excluding hydrogens is 245 g/mol. The number of unbranched alkanes of at least 4 members (excludes halogenated alkanes) is 1. The standard InChI is InChI=1S/C11H13F3N4/c1-2-3-4-15-9-7-5-8(11(12,13)14)18-10(7)17-6-16-9/h5-6H,2-4H2,1H3,(H2,15,16,17,18). The normalized spacial score (nSPS) is 12.0. The average molecular weight is 258 g/mol. The van der Waals surface area contributed by atoms with Crippen LogP contribution in [0.15, 0.2) is 12.4 Å². The summed E-state index contributed by atoms with van der Waals surface area (Å²) in [5, 5.41) is 3.38. The average Bonchev–Trinajstić information content (AvgIpc) is 2.73. The van der Waals surface area contributed by atoms with Crippen LogP contribution in [0.4, 0.5) is 19.0 Å². The highest BCUT2D eigenvalue weighted by atomic mass is 19.4. The summed E-state index contributed by atoms with van der Waals surface area (Å²) in [6.07, 6.45) is -1.22. The minimum Gasteiger partial charge on any atom is -0.369 e. The van der Waals surface area contributed by atoms with Gasteiger partial charge in [0, 0.05) is 6.54 Å². The molecule has 0 fully saturated rings. The third-order valence-electron chi connectivity index (χ3n) is 2.55. The van der Waals surface area contributed by atoms with Gasteiger partial charge in [-0.3, -0.25) is 0 Å². The molecular formula is C11H13F3N4. The first kappa shape index (κ1) is 12.7. The van der Waals surface area contributed by atoms with Gasteiger partial charge in [0.15, 0.2) is 0 Å². The number of alkyl halides is 3. The predicted molar refractivity (Wildman–Crippen MR) is 62.3 cm³/mol. The second-order valence-electron chi connectivity index (χ2n) is 3.95. The lowest BCUT2D eigenvalue weighted by Gasteiger charge is -2.04. The molecule has 0 aliphatic heterocycles. The second kappa shape index (κ2) is 4.83. The van der Waals surface area contributed by atoms with Crippen LogP contribution in [0.1, 0.15) is 25.5 Å². The molecule has 7 heteroatoms. The number of rotatable bonds is 4. The maximum Gasteiger partial charge on any atom is 0.431 e. The van der Waals surface area contributed by atoms with Crippen molar-refractivity contribution in [2.75, 3.05) is 11.9 Å². The largest absolute Gasteiger partial charge is 0.431 e. The number of aromatic nitrogens is 3. The predicted octanol–water partition coefficient (Wildman–Crippen LogP) is 3.19. The zero-order chi connectivity index (χ0) is 13.2. The van der Waals surface area contributed by atoms with Crippen LogP contribution in [0.2, 0.25) is 0 Å². The van der Waals surface area contributed by atoms with Crippen molar-refractivity contribution in [2.24, 2.45) is 0 Å². The number of H-pyrrole nitrogens is 1. The molecule has 0 aromatic carbocycles. The third-order valence-corrected chi connectivity index (χ3v) is 2.55. The quantitative estimate of drug-likeness (QED) is 0.828. The van der Waals surface area contributed by atoms with Crippen LogP contribution in [0.3, 0.4) is 0 Å². The van der Waals surface area contributed by atoms with Crippen molar-refractivity contribution in [3.05, 3.63) is 18.1 Å². The number of halogens is 3. The molecule has 0 radical (unpaired) electrons. The maximum atomic E-state index is 12.6. The Morgan fingerprint density at radius 1 is 1.33 bits per heavy atom. The first-order valence-electron chi connectivity index (χ1n) is 5.67. The topological polar surface area (TPSA) is 53.6 Å². The van der Waals surface area contributed by atoms with E-state index in [4.69, 9.17) is 0 Å². The van der Waals surface area contributed by atoms with Gasteiger partial charge in [0.2, 0.25) is 0 Å². The number of fused-ring (bicyclic) bond motifs is 1. The van der Waals surface area contributed by atoms with Gasteiger partial charge in [-0.25, -0.2) is 9.97 Å². The molecule has 0 aliphatic carbocycles. The molecule has 0 spiro atoms. The second-order valence-corrected chi connectivity index (χ2v) is 3.95. The van der Waals surface area contributed by atoms with Gasteiger partial charge >= 0.3 is 6.18 Å². The van der Waals surface area contributed by atoms with Crippen molar-refractivity contribution < 1.29 is 13.2 Å². The van der Waals surface area contributed by atoms with E-state index in [0.717, 1.165) is 18.9 Å². The Balaban J connectivity index is 2.33. The molecule has 2 aromatic rings. The highest BCUT2D eigenvalue weighted by Gasteiger charge is 2.33. The summed E-state index contributed by atoms with van der Waals surface area (Å²) in [5.41, 5.74) is -0.618. The molecule has 2 aromatic heterocycles. The Labute approximate surface area is 102 Å². The lowest BCUT2D eigenvalue weighted by Crippen LogP contribution is -2.04. The summed E-state index contributed by atoms with van der Waals surface area (Å²) < 4.78 is 37.7. The molecule has 0 saturated carbocycles. The number of nitrogens with zero attached hydrogens (tertiary/aromatic N) is 2. The molecule has 0 saturated heterocycles. The lowest BCUT2D eigenvalue weighted by atomic mass is 10.3. The van der Waals surface area contributed by atoms with Crippen LogP contribution in [-0.4, -0.2) is 21.5 Å². The smallest absolute Gasteiger partial charge is 0.369 e. The molecule has 0 unspecified atom stereocenters. The van der Waals surface area contributed by atoms with Gasteiger partial charge in [-0.05, 0) is 12.5 Å². The fourth-order valence-electron chi connectivity index (χ4n) is 1.62. The van der Waals surface area contributed by atoms with Crippen molar-refractivity contribution >= 4 is 16.9 Å². The monoisotopic (exact) mass is 258 g/mol. The Hall–Kier alpha value is -1.79. The van der Waals surface area contributed by atoms with Crippen LogP contribution in [0.25, 0.3) is 11.0 Å². The summed E-state index contributed by atoms with van der Waals surface area (Å²) in [4.78, 5) is 10.0. The molecule has 0 amide bonds. The van der Waals surface area contributed by atoms with Gasteiger partial charge in [0.05, 0.1) is 5.39 Å². The van der Waals surface area contributed by atoms with E-state index in [2.05, 4.69) is 20.3 Å². The minimum absolute atomic E-state index is 0.191. The van der Waals surface area contributed by atoms with E-state index in [0.29, 0.717) is 17.7 Å². The Bertz CT molecular complexity index is 533. The van der Waals surface area contributed by atoms with Crippen LogP contribution < -0.4 is 5.32 Å². The zero-order valence-corrected chi connectivity index (χ0v) is 9.80. The fourth-order valence-corrected chi connectivity index (χ4v) is 1.62.